The zero-order valence-corrected chi connectivity index (χ0v) is 31.7. The van der Waals surface area contributed by atoms with Crippen molar-refractivity contribution in [2.45, 2.75) is 236 Å². The fraction of sp³-hybridized carbons (Fsp3) is 0.975. The highest BCUT2D eigenvalue weighted by molar-refractivity contribution is 5.76. The molecule has 1 heterocycles. The van der Waals surface area contributed by atoms with E-state index < -0.39 is 49.5 Å². The molecule has 9 heteroatoms. The molecule has 0 aliphatic carbocycles. The van der Waals surface area contributed by atoms with Gasteiger partial charge < -0.3 is 40.3 Å². The first-order chi connectivity index (χ1) is 23.8. The van der Waals surface area contributed by atoms with Crippen LogP contribution in [0, 0.1) is 0 Å². The maximum atomic E-state index is 12.9. The number of hydrogen-bond acceptors (Lipinski definition) is 8. The van der Waals surface area contributed by atoms with Gasteiger partial charge in [-0.1, -0.05) is 174 Å². The van der Waals surface area contributed by atoms with Crippen molar-refractivity contribution in [2.75, 3.05) is 13.2 Å². The molecule has 292 valence electrons. The molecule has 6 N–H and O–H groups in total. The maximum Gasteiger partial charge on any atom is 0.220 e. The van der Waals surface area contributed by atoms with E-state index in [-0.39, 0.29) is 12.5 Å². The Morgan fingerprint density at radius 2 is 1.02 bits per heavy atom. The first kappa shape index (κ1) is 46.2. The average Bonchev–Trinajstić information content (AvgIpc) is 3.10. The lowest BCUT2D eigenvalue weighted by Gasteiger charge is -2.40. The second-order valence-electron chi connectivity index (χ2n) is 14.8. The molecular weight excluding hydrogens is 622 g/mol. The van der Waals surface area contributed by atoms with Crippen LogP contribution in [0.15, 0.2) is 0 Å². The summed E-state index contributed by atoms with van der Waals surface area (Å²) in [7, 11) is 0. The lowest BCUT2D eigenvalue weighted by Crippen LogP contribution is -2.60. The third-order valence-electron chi connectivity index (χ3n) is 10.2. The van der Waals surface area contributed by atoms with E-state index in [1.807, 2.05) is 0 Å². The number of carbonyl (C=O) groups is 1. The van der Waals surface area contributed by atoms with Crippen molar-refractivity contribution in [2.24, 2.45) is 0 Å². The molecule has 0 aromatic heterocycles. The first-order valence-corrected chi connectivity index (χ1v) is 20.7. The van der Waals surface area contributed by atoms with E-state index in [0.717, 1.165) is 38.5 Å². The Labute approximate surface area is 300 Å². The monoisotopic (exact) mass is 702 g/mol. The lowest BCUT2D eigenvalue weighted by atomic mass is 9.99. The predicted molar refractivity (Wildman–Crippen MR) is 198 cm³/mol. The molecule has 0 aromatic carbocycles. The third kappa shape index (κ3) is 23.4. The largest absolute Gasteiger partial charge is 0.394 e. The Hall–Kier alpha value is -0.810. The van der Waals surface area contributed by atoms with E-state index in [2.05, 4.69) is 19.2 Å². The highest BCUT2D eigenvalue weighted by Crippen LogP contribution is 2.23. The Balaban J connectivity index is 2.38. The van der Waals surface area contributed by atoms with Gasteiger partial charge >= 0.3 is 0 Å². The topological polar surface area (TPSA) is 149 Å². The molecule has 1 aliphatic rings. The summed E-state index contributed by atoms with van der Waals surface area (Å²) in [6.07, 6.45) is 25.3. The third-order valence-corrected chi connectivity index (χ3v) is 10.2. The van der Waals surface area contributed by atoms with Crippen LogP contribution in [-0.4, -0.2) is 87.5 Å². The van der Waals surface area contributed by atoms with Crippen LogP contribution in [0.25, 0.3) is 0 Å². The second kappa shape index (κ2) is 31.9. The summed E-state index contributed by atoms with van der Waals surface area (Å²) in [5.74, 6) is -0.143. The SMILES string of the molecule is CCCCCCCCCCCCCCCCC(=O)N[C@@H](CO[C@H]1O[C@@H](CO)[C@H](O)C(O)C1O)[C@H](O)CCCCCCCCCCCCCC. The number of amides is 1. The number of carbonyl (C=O) groups excluding carboxylic acids is 1. The van der Waals surface area contributed by atoms with E-state index in [0.29, 0.717) is 12.8 Å². The van der Waals surface area contributed by atoms with Gasteiger partial charge in [-0.15, -0.1) is 0 Å². The number of ether oxygens (including phenoxy) is 2. The quantitative estimate of drug-likeness (QED) is 0.0376. The molecule has 1 amide bonds. The smallest absolute Gasteiger partial charge is 0.220 e. The minimum atomic E-state index is -1.55. The van der Waals surface area contributed by atoms with Crippen LogP contribution in [-0.2, 0) is 14.3 Å². The zero-order chi connectivity index (χ0) is 36.0. The zero-order valence-electron chi connectivity index (χ0n) is 31.7. The maximum absolute atomic E-state index is 12.9. The predicted octanol–water partition coefficient (Wildman–Crippen LogP) is 7.61. The van der Waals surface area contributed by atoms with Crippen molar-refractivity contribution in [3.05, 3.63) is 0 Å². The minimum Gasteiger partial charge on any atom is -0.394 e. The van der Waals surface area contributed by atoms with Gasteiger partial charge in [0.2, 0.25) is 5.91 Å². The molecule has 0 aromatic rings. The molecule has 7 atom stereocenters. The van der Waals surface area contributed by atoms with Gasteiger partial charge in [0.15, 0.2) is 6.29 Å². The molecular formula is C40H79NO8. The Morgan fingerprint density at radius 1 is 0.612 bits per heavy atom. The van der Waals surface area contributed by atoms with Crippen molar-refractivity contribution in [3.8, 4) is 0 Å². The Morgan fingerprint density at radius 3 is 1.45 bits per heavy atom. The summed E-state index contributed by atoms with van der Waals surface area (Å²) in [4.78, 5) is 12.9. The molecule has 1 saturated heterocycles. The van der Waals surface area contributed by atoms with Crippen molar-refractivity contribution >= 4 is 5.91 Å². The van der Waals surface area contributed by atoms with Crippen LogP contribution >= 0.6 is 0 Å². The van der Waals surface area contributed by atoms with Gasteiger partial charge in [-0.05, 0) is 12.8 Å². The van der Waals surface area contributed by atoms with Gasteiger partial charge in [0.25, 0.3) is 0 Å². The molecule has 2 unspecified atom stereocenters. The summed E-state index contributed by atoms with van der Waals surface area (Å²) in [5.41, 5.74) is 0. The summed E-state index contributed by atoms with van der Waals surface area (Å²) < 4.78 is 11.2. The molecule has 0 radical (unpaired) electrons. The number of nitrogens with one attached hydrogen (secondary N) is 1. The van der Waals surface area contributed by atoms with Gasteiger partial charge in [0.05, 0.1) is 25.4 Å². The number of hydrogen-bond donors (Lipinski definition) is 6. The van der Waals surface area contributed by atoms with Gasteiger partial charge in [-0.2, -0.15) is 0 Å². The molecule has 49 heavy (non-hydrogen) atoms. The van der Waals surface area contributed by atoms with Crippen LogP contribution in [0.1, 0.15) is 194 Å². The molecule has 0 saturated carbocycles. The fourth-order valence-corrected chi connectivity index (χ4v) is 6.81. The number of unbranched alkanes of at least 4 members (excludes halogenated alkanes) is 24. The molecule has 1 fully saturated rings. The first-order valence-electron chi connectivity index (χ1n) is 20.7. The van der Waals surface area contributed by atoms with Crippen LogP contribution in [0.3, 0.4) is 0 Å². The molecule has 0 spiro atoms. The van der Waals surface area contributed by atoms with E-state index in [1.165, 1.54) is 128 Å². The summed E-state index contributed by atoms with van der Waals surface area (Å²) in [6.45, 7) is 3.82. The number of aliphatic hydroxyl groups is 5. The second-order valence-corrected chi connectivity index (χ2v) is 14.8. The standard InChI is InChI=1S/C40H79NO8/c1-3-5-7-9-11-13-15-17-18-20-22-24-26-28-30-36(44)41-33(32-48-40-39(47)38(46)37(45)35(31-42)49-40)34(43)29-27-25-23-21-19-16-14-12-10-8-6-4-2/h33-35,37-40,42-43,45-47H,3-32H2,1-2H3,(H,41,44)/t33-,34+,35-,37-,38?,39?,40-/m0/s1. The van der Waals surface area contributed by atoms with E-state index in [9.17, 15) is 30.3 Å². The average molecular weight is 702 g/mol. The van der Waals surface area contributed by atoms with Crippen molar-refractivity contribution in [1.82, 2.24) is 5.32 Å². The van der Waals surface area contributed by atoms with Crippen LogP contribution in [0.4, 0.5) is 0 Å². The van der Waals surface area contributed by atoms with Crippen LogP contribution in [0.2, 0.25) is 0 Å². The Kier molecular flexibility index (Phi) is 30.1. The van der Waals surface area contributed by atoms with Crippen molar-refractivity contribution in [3.63, 3.8) is 0 Å². The van der Waals surface area contributed by atoms with E-state index in [1.54, 1.807) is 0 Å². The fourth-order valence-electron chi connectivity index (χ4n) is 6.81. The Bertz CT molecular complexity index is 741. The number of rotatable bonds is 34. The van der Waals surface area contributed by atoms with E-state index in [4.69, 9.17) is 9.47 Å². The highest BCUT2D eigenvalue weighted by Gasteiger charge is 2.44. The van der Waals surface area contributed by atoms with Gasteiger partial charge in [-0.25, -0.2) is 0 Å². The van der Waals surface area contributed by atoms with Crippen molar-refractivity contribution in [1.29, 1.82) is 0 Å². The molecule has 9 nitrogen and oxygen atoms in total. The normalized spacial score (nSPS) is 22.3. The minimum absolute atomic E-state index is 0.132. The molecule has 1 aliphatic heterocycles. The van der Waals surface area contributed by atoms with Crippen molar-refractivity contribution < 1.29 is 39.8 Å². The summed E-state index contributed by atoms with van der Waals surface area (Å²) in [6, 6.07) is -0.709. The van der Waals surface area contributed by atoms with Gasteiger partial charge in [0.1, 0.15) is 24.4 Å². The van der Waals surface area contributed by atoms with E-state index >= 15 is 0 Å². The van der Waals surface area contributed by atoms with Crippen LogP contribution in [0.5, 0.6) is 0 Å². The highest BCUT2D eigenvalue weighted by atomic mass is 16.7. The lowest BCUT2D eigenvalue weighted by molar-refractivity contribution is -0.302. The summed E-state index contributed by atoms with van der Waals surface area (Å²) >= 11 is 0. The molecule has 1 rings (SSSR count). The number of aliphatic hydroxyl groups excluding tert-OH is 5. The summed E-state index contributed by atoms with van der Waals surface area (Å²) in [5, 5.41) is 54.1. The van der Waals surface area contributed by atoms with Gasteiger partial charge in [-0.3, -0.25) is 4.79 Å². The van der Waals surface area contributed by atoms with Crippen LogP contribution < -0.4 is 5.32 Å². The van der Waals surface area contributed by atoms with Gasteiger partial charge in [0, 0.05) is 6.42 Å². The molecule has 0 bridgehead atoms.